The van der Waals surface area contributed by atoms with E-state index in [1.807, 2.05) is 55.5 Å². The van der Waals surface area contributed by atoms with Crippen LogP contribution < -0.4 is 11.1 Å². The lowest BCUT2D eigenvalue weighted by Crippen LogP contribution is -2.29. The van der Waals surface area contributed by atoms with Gasteiger partial charge in [0.15, 0.2) is 0 Å². The van der Waals surface area contributed by atoms with E-state index in [-0.39, 0.29) is 11.3 Å². The minimum Gasteiger partial charge on any atom is -0.365 e. The Morgan fingerprint density at radius 1 is 1.14 bits per heavy atom. The number of benzene rings is 2. The van der Waals surface area contributed by atoms with Crippen molar-refractivity contribution in [2.45, 2.75) is 53.4 Å². The van der Waals surface area contributed by atoms with Crippen LogP contribution in [0.1, 0.15) is 70.3 Å². The highest BCUT2D eigenvalue weighted by Crippen LogP contribution is 2.45. The molecule has 0 fully saturated rings. The van der Waals surface area contributed by atoms with Gasteiger partial charge in [-0.1, -0.05) is 69.2 Å². The molecule has 3 N–H and O–H groups in total. The van der Waals surface area contributed by atoms with Gasteiger partial charge < -0.3 is 11.1 Å². The first kappa shape index (κ1) is 25.2. The Labute approximate surface area is 222 Å². The Balaban J connectivity index is 1.54. The second-order valence-electron chi connectivity index (χ2n) is 10.7. The molecule has 1 atom stereocenters. The maximum Gasteiger partial charge on any atom is 0.257 e. The normalized spacial score (nSPS) is 15.4. The molecular weight excluding hydrogens is 478 g/mol. The van der Waals surface area contributed by atoms with Gasteiger partial charge in [0.25, 0.3) is 11.8 Å². The van der Waals surface area contributed by atoms with E-state index in [4.69, 9.17) is 10.7 Å². The molecule has 4 aromatic rings. The minimum absolute atomic E-state index is 0.222. The first-order valence-corrected chi connectivity index (χ1v) is 13.7. The molecule has 0 bridgehead atoms. The van der Waals surface area contributed by atoms with Crippen molar-refractivity contribution >= 4 is 39.1 Å². The van der Waals surface area contributed by atoms with Crippen LogP contribution in [-0.4, -0.2) is 16.8 Å². The SMILES string of the molecule is CCC(C)(C)C1CCc2c(sc(NC(=O)c3cc(-c4cccc(C)c4)nc4ccccc34)c2C(N)=O)C1. The molecule has 2 aromatic heterocycles. The lowest BCUT2D eigenvalue weighted by Gasteiger charge is -2.36. The standard InChI is InChI=1S/C31H33N3O2S/c1-5-31(3,4)20-13-14-22-26(16-20)37-30(27(22)28(32)35)34-29(36)23-17-25(19-10-8-9-18(2)15-19)33-24-12-7-6-11-21(23)24/h6-12,15,17,20H,5,13-14,16H2,1-4H3,(H2,32,35)(H,34,36). The third-order valence-corrected chi connectivity index (χ3v) is 9.20. The van der Waals surface area contributed by atoms with Gasteiger partial charge in [-0.2, -0.15) is 0 Å². The van der Waals surface area contributed by atoms with Gasteiger partial charge in [-0.3, -0.25) is 9.59 Å². The van der Waals surface area contributed by atoms with Gasteiger partial charge in [0.1, 0.15) is 5.00 Å². The van der Waals surface area contributed by atoms with Crippen LogP contribution in [0.25, 0.3) is 22.2 Å². The molecule has 0 spiro atoms. The van der Waals surface area contributed by atoms with E-state index in [0.29, 0.717) is 22.0 Å². The molecule has 5 rings (SSSR count). The fourth-order valence-corrected chi connectivity index (χ4v) is 6.70. The lowest BCUT2D eigenvalue weighted by atomic mass is 9.69. The zero-order chi connectivity index (χ0) is 26.3. The number of aromatic nitrogens is 1. The van der Waals surface area contributed by atoms with Gasteiger partial charge in [-0.25, -0.2) is 4.98 Å². The van der Waals surface area contributed by atoms with Crippen LogP contribution in [0.5, 0.6) is 0 Å². The molecule has 2 aromatic carbocycles. The van der Waals surface area contributed by atoms with Crippen molar-refractivity contribution in [2.24, 2.45) is 17.1 Å². The first-order chi connectivity index (χ1) is 17.7. The fraction of sp³-hybridized carbons (Fsp3) is 0.323. The van der Waals surface area contributed by atoms with Crippen molar-refractivity contribution in [3.05, 3.63) is 81.7 Å². The summed E-state index contributed by atoms with van der Waals surface area (Å²) in [5.74, 6) is -0.214. The topological polar surface area (TPSA) is 85.1 Å². The molecule has 1 unspecified atom stereocenters. The summed E-state index contributed by atoms with van der Waals surface area (Å²) in [7, 11) is 0. The van der Waals surface area contributed by atoms with Crippen LogP contribution in [0.4, 0.5) is 5.00 Å². The predicted octanol–water partition coefficient (Wildman–Crippen LogP) is 7.16. The third-order valence-electron chi connectivity index (χ3n) is 8.03. The number of carbonyl (C=O) groups is 2. The van der Waals surface area contributed by atoms with Crippen LogP contribution in [0.2, 0.25) is 0 Å². The summed E-state index contributed by atoms with van der Waals surface area (Å²) in [6, 6.07) is 17.6. The smallest absolute Gasteiger partial charge is 0.257 e. The van der Waals surface area contributed by atoms with E-state index in [1.165, 1.54) is 16.2 Å². The molecule has 5 nitrogen and oxygen atoms in total. The number of primary amides is 1. The number of hydrogen-bond acceptors (Lipinski definition) is 4. The van der Waals surface area contributed by atoms with Crippen molar-refractivity contribution < 1.29 is 9.59 Å². The van der Waals surface area contributed by atoms with E-state index >= 15 is 0 Å². The lowest BCUT2D eigenvalue weighted by molar-refractivity contribution is 0.0999. The van der Waals surface area contributed by atoms with Crippen molar-refractivity contribution in [1.82, 2.24) is 4.98 Å². The number of anilines is 1. The van der Waals surface area contributed by atoms with Crippen LogP contribution in [0, 0.1) is 18.3 Å². The number of nitrogens with zero attached hydrogens (tertiary/aromatic N) is 1. The quantitative estimate of drug-likeness (QED) is 0.288. The minimum atomic E-state index is -0.485. The number of amides is 2. The summed E-state index contributed by atoms with van der Waals surface area (Å²) in [5, 5.41) is 4.38. The Hall–Kier alpha value is -3.51. The zero-order valence-electron chi connectivity index (χ0n) is 21.9. The second kappa shape index (κ2) is 9.75. The van der Waals surface area contributed by atoms with Gasteiger partial charge in [0.2, 0.25) is 0 Å². The average Bonchev–Trinajstić information content (AvgIpc) is 3.25. The summed E-state index contributed by atoms with van der Waals surface area (Å²) in [4.78, 5) is 32.3. The van der Waals surface area contributed by atoms with E-state index in [2.05, 4.69) is 32.2 Å². The van der Waals surface area contributed by atoms with Crippen molar-refractivity contribution in [3.63, 3.8) is 0 Å². The number of nitrogens with two attached hydrogens (primary N) is 1. The summed E-state index contributed by atoms with van der Waals surface area (Å²) in [5.41, 5.74) is 11.6. The number of thiophene rings is 1. The number of para-hydroxylation sites is 1. The summed E-state index contributed by atoms with van der Waals surface area (Å²) >= 11 is 1.50. The molecule has 0 saturated carbocycles. The van der Waals surface area contributed by atoms with Gasteiger partial charge >= 0.3 is 0 Å². The summed E-state index contributed by atoms with van der Waals surface area (Å²) in [6.07, 6.45) is 3.84. The number of rotatable bonds is 6. The summed E-state index contributed by atoms with van der Waals surface area (Å²) in [6.45, 7) is 8.89. The average molecular weight is 512 g/mol. The van der Waals surface area contributed by atoms with Crippen LogP contribution in [0.3, 0.4) is 0 Å². The molecular formula is C31H33N3O2S. The van der Waals surface area contributed by atoms with Gasteiger partial charge in [0, 0.05) is 15.8 Å². The molecule has 190 valence electrons. The van der Waals surface area contributed by atoms with Crippen molar-refractivity contribution in [3.8, 4) is 11.3 Å². The van der Waals surface area contributed by atoms with Crippen LogP contribution in [0.15, 0.2) is 54.6 Å². The molecule has 0 radical (unpaired) electrons. The largest absolute Gasteiger partial charge is 0.365 e. The highest BCUT2D eigenvalue weighted by Gasteiger charge is 2.35. The number of aryl methyl sites for hydroxylation is 1. The molecule has 0 aliphatic heterocycles. The Morgan fingerprint density at radius 2 is 1.92 bits per heavy atom. The van der Waals surface area contributed by atoms with Crippen LogP contribution >= 0.6 is 11.3 Å². The summed E-state index contributed by atoms with van der Waals surface area (Å²) < 4.78 is 0. The van der Waals surface area contributed by atoms with E-state index in [9.17, 15) is 9.59 Å². The zero-order valence-corrected chi connectivity index (χ0v) is 22.7. The molecule has 2 heterocycles. The highest BCUT2D eigenvalue weighted by molar-refractivity contribution is 7.17. The van der Waals surface area contributed by atoms with Crippen molar-refractivity contribution in [1.29, 1.82) is 0 Å². The molecule has 6 heteroatoms. The first-order valence-electron chi connectivity index (χ1n) is 12.9. The Bertz CT molecular complexity index is 1520. The monoisotopic (exact) mass is 511 g/mol. The highest BCUT2D eigenvalue weighted by atomic mass is 32.1. The second-order valence-corrected chi connectivity index (χ2v) is 11.9. The molecule has 37 heavy (non-hydrogen) atoms. The fourth-order valence-electron chi connectivity index (χ4n) is 5.38. The Kier molecular flexibility index (Phi) is 6.63. The number of carbonyl (C=O) groups excluding carboxylic acids is 2. The maximum atomic E-state index is 13.8. The van der Waals surface area contributed by atoms with Crippen LogP contribution in [-0.2, 0) is 12.8 Å². The van der Waals surface area contributed by atoms with Crippen molar-refractivity contribution in [2.75, 3.05) is 5.32 Å². The van der Waals surface area contributed by atoms with E-state index < -0.39 is 5.91 Å². The predicted molar refractivity (Wildman–Crippen MR) is 152 cm³/mol. The number of hydrogen-bond donors (Lipinski definition) is 2. The molecule has 1 aliphatic carbocycles. The Morgan fingerprint density at radius 3 is 2.65 bits per heavy atom. The van der Waals surface area contributed by atoms with E-state index in [1.54, 1.807) is 0 Å². The van der Waals surface area contributed by atoms with Gasteiger partial charge in [-0.05, 0) is 61.3 Å². The molecule has 2 amide bonds. The van der Waals surface area contributed by atoms with Gasteiger partial charge in [0.05, 0.1) is 22.3 Å². The molecule has 0 saturated heterocycles. The molecule has 1 aliphatic rings. The van der Waals surface area contributed by atoms with E-state index in [0.717, 1.165) is 59.0 Å². The third kappa shape index (κ3) is 4.78. The number of pyridine rings is 1. The number of fused-ring (bicyclic) bond motifs is 2. The maximum absolute atomic E-state index is 13.8. The van der Waals surface area contributed by atoms with Gasteiger partial charge in [-0.15, -0.1) is 11.3 Å². The number of nitrogens with one attached hydrogen (secondary N) is 1.